The predicted molar refractivity (Wildman–Crippen MR) is 101 cm³/mol. The predicted octanol–water partition coefficient (Wildman–Crippen LogP) is 2.53. The van der Waals surface area contributed by atoms with E-state index in [2.05, 4.69) is 44.8 Å². The van der Waals surface area contributed by atoms with Crippen molar-refractivity contribution in [3.63, 3.8) is 0 Å². The SMILES string of the molecule is O=C([N-]c1c[n+](N2CCN(Cc3ccccc3)CC2)no1)C1CCCCC1. The summed E-state index contributed by atoms with van der Waals surface area (Å²) in [6.45, 7) is 4.61. The van der Waals surface area contributed by atoms with Crippen molar-refractivity contribution in [2.75, 3.05) is 31.2 Å². The van der Waals surface area contributed by atoms with Crippen LogP contribution in [-0.2, 0) is 11.3 Å². The van der Waals surface area contributed by atoms with Gasteiger partial charge in [-0.25, -0.2) is 0 Å². The monoisotopic (exact) mass is 369 g/mol. The van der Waals surface area contributed by atoms with E-state index in [-0.39, 0.29) is 11.8 Å². The van der Waals surface area contributed by atoms with Crippen LogP contribution < -0.4 is 9.80 Å². The van der Waals surface area contributed by atoms with Crippen LogP contribution in [0.15, 0.2) is 41.1 Å². The summed E-state index contributed by atoms with van der Waals surface area (Å²) in [5.41, 5.74) is 1.34. The Labute approximate surface area is 159 Å². The zero-order valence-corrected chi connectivity index (χ0v) is 15.7. The molecule has 4 rings (SSSR count). The lowest BCUT2D eigenvalue weighted by Crippen LogP contribution is -2.65. The fourth-order valence-corrected chi connectivity index (χ4v) is 3.90. The van der Waals surface area contributed by atoms with Gasteiger partial charge in [-0.2, -0.15) is 5.01 Å². The summed E-state index contributed by atoms with van der Waals surface area (Å²) >= 11 is 0. The summed E-state index contributed by atoms with van der Waals surface area (Å²) < 4.78 is 5.27. The van der Waals surface area contributed by atoms with Gasteiger partial charge in [-0.15, -0.1) is 0 Å². The Balaban J connectivity index is 1.27. The second-order valence-electron chi connectivity index (χ2n) is 7.46. The Bertz CT molecular complexity index is 734. The smallest absolute Gasteiger partial charge is 0.257 e. The molecule has 1 aromatic carbocycles. The molecule has 0 unspecified atom stereocenters. The zero-order chi connectivity index (χ0) is 18.5. The van der Waals surface area contributed by atoms with Crippen LogP contribution in [0.4, 0.5) is 5.88 Å². The third-order valence-electron chi connectivity index (χ3n) is 5.51. The third kappa shape index (κ3) is 4.66. The number of aromatic nitrogens is 2. The number of benzene rings is 1. The van der Waals surface area contributed by atoms with Crippen LogP contribution in [0.25, 0.3) is 5.32 Å². The van der Waals surface area contributed by atoms with E-state index in [1.165, 1.54) is 12.0 Å². The average Bonchev–Trinajstić information content (AvgIpc) is 3.18. The van der Waals surface area contributed by atoms with Gasteiger partial charge in [0.05, 0.1) is 23.8 Å². The Kier molecular flexibility index (Phi) is 5.67. The first-order chi connectivity index (χ1) is 13.3. The molecule has 0 N–H and O–H groups in total. The van der Waals surface area contributed by atoms with Crippen molar-refractivity contribution in [1.82, 2.24) is 10.2 Å². The number of amides is 1. The molecular formula is C20H27N5O2. The fraction of sp³-hybridized carbons (Fsp3) is 0.550. The molecule has 27 heavy (non-hydrogen) atoms. The Morgan fingerprint density at radius 1 is 1.11 bits per heavy atom. The van der Waals surface area contributed by atoms with Crippen molar-refractivity contribution < 1.29 is 14.1 Å². The molecule has 0 atom stereocenters. The molecule has 0 radical (unpaired) electrons. The minimum atomic E-state index is -0.0642. The summed E-state index contributed by atoms with van der Waals surface area (Å²) in [6.07, 6.45) is 7.07. The van der Waals surface area contributed by atoms with E-state index in [0.29, 0.717) is 5.88 Å². The standard InChI is InChI=1S/C20H27N5O2/c26-20(18-9-5-2-6-10-18)21-19-16-25(22-27-19)24-13-11-23(12-14-24)15-17-7-3-1-4-8-17/h1,3-4,7-8,16,18H,2,5-6,9-15H2. The van der Waals surface area contributed by atoms with Crippen LogP contribution in [0, 0.1) is 5.92 Å². The second-order valence-corrected chi connectivity index (χ2v) is 7.46. The number of hydrogen-bond acceptors (Lipinski definition) is 5. The second kappa shape index (κ2) is 8.52. The van der Waals surface area contributed by atoms with Crippen LogP contribution in [-0.4, -0.2) is 42.3 Å². The maximum atomic E-state index is 12.3. The number of carbonyl (C=O) groups is 1. The highest BCUT2D eigenvalue weighted by Crippen LogP contribution is 2.28. The molecular weight excluding hydrogens is 342 g/mol. The highest BCUT2D eigenvalue weighted by Gasteiger charge is 2.25. The first-order valence-electron chi connectivity index (χ1n) is 9.94. The lowest BCUT2D eigenvalue weighted by Gasteiger charge is -2.30. The van der Waals surface area contributed by atoms with Gasteiger partial charge in [0, 0.05) is 25.6 Å². The molecule has 1 amide bonds. The maximum absolute atomic E-state index is 12.3. The van der Waals surface area contributed by atoms with Crippen LogP contribution in [0.3, 0.4) is 0 Å². The normalized spacial score (nSPS) is 19.2. The van der Waals surface area contributed by atoms with Gasteiger partial charge < -0.3 is 14.6 Å². The molecule has 144 valence electrons. The van der Waals surface area contributed by atoms with E-state index in [9.17, 15) is 4.79 Å². The number of carbonyl (C=O) groups excluding carboxylic acids is 1. The van der Waals surface area contributed by atoms with Crippen molar-refractivity contribution >= 4 is 11.8 Å². The molecule has 0 bridgehead atoms. The van der Waals surface area contributed by atoms with E-state index in [0.717, 1.165) is 58.4 Å². The topological polar surface area (TPSA) is 67.6 Å². The molecule has 1 saturated carbocycles. The molecule has 0 spiro atoms. The van der Waals surface area contributed by atoms with E-state index in [1.54, 1.807) is 11.0 Å². The minimum absolute atomic E-state index is 0.0545. The summed E-state index contributed by atoms with van der Waals surface area (Å²) in [6, 6.07) is 10.5. The lowest BCUT2D eigenvalue weighted by molar-refractivity contribution is -0.759. The fourth-order valence-electron chi connectivity index (χ4n) is 3.90. The first-order valence-corrected chi connectivity index (χ1v) is 9.94. The van der Waals surface area contributed by atoms with Gasteiger partial charge in [0.15, 0.2) is 0 Å². The summed E-state index contributed by atoms with van der Waals surface area (Å²) in [5, 5.41) is 10.3. The molecule has 7 nitrogen and oxygen atoms in total. The van der Waals surface area contributed by atoms with Crippen molar-refractivity contribution in [3.8, 4) is 0 Å². The molecule has 2 heterocycles. The van der Waals surface area contributed by atoms with Crippen LogP contribution in [0.2, 0.25) is 0 Å². The van der Waals surface area contributed by atoms with Gasteiger partial charge in [0.25, 0.3) is 6.20 Å². The summed E-state index contributed by atoms with van der Waals surface area (Å²) in [4.78, 5) is 16.4. The van der Waals surface area contributed by atoms with Crippen molar-refractivity contribution in [2.24, 2.45) is 5.92 Å². The molecule has 1 aliphatic carbocycles. The molecule has 1 aromatic heterocycles. The summed E-state index contributed by atoms with van der Waals surface area (Å²) in [5.74, 6) is 0.293. The molecule has 7 heteroatoms. The highest BCUT2D eigenvalue weighted by molar-refractivity contribution is 5.96. The van der Waals surface area contributed by atoms with Gasteiger partial charge in [0.1, 0.15) is 5.88 Å². The van der Waals surface area contributed by atoms with Crippen molar-refractivity contribution in [1.29, 1.82) is 0 Å². The minimum Gasteiger partial charge on any atom is -0.588 e. The van der Waals surface area contributed by atoms with Gasteiger partial charge >= 0.3 is 0 Å². The highest BCUT2D eigenvalue weighted by atomic mass is 16.5. The number of hydrogen-bond donors (Lipinski definition) is 0. The first kappa shape index (κ1) is 18.0. The number of piperazine rings is 1. The molecule has 2 aliphatic rings. The van der Waals surface area contributed by atoms with Crippen LogP contribution >= 0.6 is 0 Å². The van der Waals surface area contributed by atoms with Gasteiger partial charge in [-0.1, -0.05) is 49.6 Å². The Morgan fingerprint density at radius 3 is 2.59 bits per heavy atom. The average molecular weight is 369 g/mol. The van der Waals surface area contributed by atoms with Gasteiger partial charge in [-0.3, -0.25) is 4.90 Å². The molecule has 2 aromatic rings. The molecule has 1 aliphatic heterocycles. The summed E-state index contributed by atoms with van der Waals surface area (Å²) in [7, 11) is 0. The van der Waals surface area contributed by atoms with Crippen molar-refractivity contribution in [2.45, 2.75) is 38.6 Å². The third-order valence-corrected chi connectivity index (χ3v) is 5.51. The van der Waals surface area contributed by atoms with Crippen LogP contribution in [0.5, 0.6) is 0 Å². The molecule has 2 fully saturated rings. The van der Waals surface area contributed by atoms with E-state index >= 15 is 0 Å². The van der Waals surface area contributed by atoms with Crippen molar-refractivity contribution in [3.05, 3.63) is 47.4 Å². The maximum Gasteiger partial charge on any atom is 0.257 e. The zero-order valence-electron chi connectivity index (χ0n) is 15.7. The Morgan fingerprint density at radius 2 is 1.85 bits per heavy atom. The molecule has 1 saturated heterocycles. The van der Waals surface area contributed by atoms with E-state index in [1.807, 2.05) is 6.07 Å². The quantitative estimate of drug-likeness (QED) is 0.758. The van der Waals surface area contributed by atoms with Crippen LogP contribution in [0.1, 0.15) is 37.7 Å². The van der Waals surface area contributed by atoms with Gasteiger partial charge in [0.2, 0.25) is 5.27 Å². The Hall–Kier alpha value is -2.41. The van der Waals surface area contributed by atoms with E-state index in [4.69, 9.17) is 4.52 Å². The number of rotatable bonds is 5. The van der Waals surface area contributed by atoms with Gasteiger partial charge in [-0.05, 0) is 18.4 Å². The number of nitrogens with zero attached hydrogens (tertiary/aromatic N) is 5. The lowest BCUT2D eigenvalue weighted by atomic mass is 9.89. The van der Waals surface area contributed by atoms with E-state index < -0.39 is 0 Å². The largest absolute Gasteiger partial charge is 0.588 e.